The van der Waals surface area contributed by atoms with Gasteiger partial charge < -0.3 is 9.88 Å². The Morgan fingerprint density at radius 3 is 2.79 bits per heavy atom. The summed E-state index contributed by atoms with van der Waals surface area (Å²) in [5, 5.41) is 4.21. The van der Waals surface area contributed by atoms with Crippen LogP contribution in [0.4, 0.5) is 0 Å². The second-order valence-corrected chi connectivity index (χ2v) is 7.17. The van der Waals surface area contributed by atoms with Gasteiger partial charge in [0.05, 0.1) is 23.3 Å². The van der Waals surface area contributed by atoms with E-state index in [0.29, 0.717) is 5.65 Å². The van der Waals surface area contributed by atoms with E-state index in [9.17, 15) is 4.79 Å². The number of hydrogen-bond acceptors (Lipinski definition) is 4. The third kappa shape index (κ3) is 2.76. The first-order valence-corrected chi connectivity index (χ1v) is 9.38. The minimum absolute atomic E-state index is 0.188. The first-order valence-electron chi connectivity index (χ1n) is 9.38. The maximum Gasteiger partial charge on any atom is 0.210 e. The number of carbonyl (C=O) groups is 1. The van der Waals surface area contributed by atoms with Gasteiger partial charge in [0.2, 0.25) is 6.41 Å². The summed E-state index contributed by atoms with van der Waals surface area (Å²) < 4.78 is 1.75. The summed E-state index contributed by atoms with van der Waals surface area (Å²) in [4.78, 5) is 25.6. The van der Waals surface area contributed by atoms with E-state index < -0.39 is 0 Å². The number of H-pyrrole nitrogens is 1. The summed E-state index contributed by atoms with van der Waals surface area (Å²) in [6, 6.07) is 10.6. The van der Waals surface area contributed by atoms with E-state index >= 15 is 0 Å². The monoisotopic (exact) mass is 372 g/mol. The van der Waals surface area contributed by atoms with Crippen LogP contribution in [-0.2, 0) is 11.8 Å². The second-order valence-electron chi connectivity index (χ2n) is 7.17. The van der Waals surface area contributed by atoms with Gasteiger partial charge in [0.25, 0.3) is 0 Å². The number of aryl methyl sites for hydroxylation is 1. The number of nitrogens with one attached hydrogen (secondary N) is 1. The number of aromatic amines is 1. The molecule has 0 saturated carbocycles. The second kappa shape index (κ2) is 6.60. The number of fused-ring (bicyclic) bond motifs is 1. The molecular weight excluding hydrogens is 352 g/mol. The molecule has 7 heteroatoms. The van der Waals surface area contributed by atoms with Crippen LogP contribution >= 0.6 is 0 Å². The van der Waals surface area contributed by atoms with Crippen molar-refractivity contribution >= 4 is 17.6 Å². The first-order chi connectivity index (χ1) is 13.7. The molecule has 28 heavy (non-hydrogen) atoms. The SMILES string of the molecule is Cn1cc(-c2nc3nccc(-c4ccc(C5CCCN5C=O)cc4)c3[nH]2)cn1. The predicted molar refractivity (Wildman–Crippen MR) is 106 cm³/mol. The Bertz CT molecular complexity index is 1140. The molecule has 1 aliphatic heterocycles. The minimum Gasteiger partial charge on any atom is -0.338 e. The van der Waals surface area contributed by atoms with Crippen LogP contribution in [0.2, 0.25) is 0 Å². The summed E-state index contributed by atoms with van der Waals surface area (Å²) in [5.74, 6) is 0.757. The lowest BCUT2D eigenvalue weighted by molar-refractivity contribution is -0.118. The van der Waals surface area contributed by atoms with Crippen molar-refractivity contribution in [3.8, 4) is 22.5 Å². The molecule has 1 N–H and O–H groups in total. The van der Waals surface area contributed by atoms with E-state index in [1.807, 2.05) is 24.2 Å². The molecule has 0 bridgehead atoms. The fraction of sp³-hybridized carbons (Fsp3) is 0.238. The fourth-order valence-electron chi connectivity index (χ4n) is 3.99. The molecule has 3 aromatic heterocycles. The van der Waals surface area contributed by atoms with Gasteiger partial charge in [-0.25, -0.2) is 9.97 Å². The van der Waals surface area contributed by atoms with Gasteiger partial charge in [-0.1, -0.05) is 24.3 Å². The highest BCUT2D eigenvalue weighted by Crippen LogP contribution is 2.33. The number of rotatable bonds is 4. The number of imidazole rings is 1. The van der Waals surface area contributed by atoms with Gasteiger partial charge in [-0.15, -0.1) is 0 Å². The number of hydrogen-bond donors (Lipinski definition) is 1. The highest BCUT2D eigenvalue weighted by Gasteiger charge is 2.24. The fourth-order valence-corrected chi connectivity index (χ4v) is 3.99. The molecule has 1 aromatic carbocycles. The molecule has 1 unspecified atom stereocenters. The van der Waals surface area contributed by atoms with Crippen LogP contribution in [0.5, 0.6) is 0 Å². The molecule has 140 valence electrons. The smallest absolute Gasteiger partial charge is 0.210 e. The van der Waals surface area contributed by atoms with Crippen molar-refractivity contribution in [2.45, 2.75) is 18.9 Å². The summed E-state index contributed by atoms with van der Waals surface area (Å²) in [6.45, 7) is 0.839. The van der Waals surface area contributed by atoms with Crippen molar-refractivity contribution in [1.29, 1.82) is 0 Å². The molecule has 1 aliphatic rings. The van der Waals surface area contributed by atoms with Crippen molar-refractivity contribution < 1.29 is 4.79 Å². The summed E-state index contributed by atoms with van der Waals surface area (Å²) in [5.41, 5.74) is 5.84. The average molecular weight is 372 g/mol. The van der Waals surface area contributed by atoms with Crippen molar-refractivity contribution in [2.75, 3.05) is 6.54 Å². The van der Waals surface area contributed by atoms with E-state index in [0.717, 1.165) is 53.8 Å². The van der Waals surface area contributed by atoms with Crippen LogP contribution in [-0.4, -0.2) is 42.6 Å². The predicted octanol–water partition coefficient (Wildman–Crippen LogP) is 3.32. The van der Waals surface area contributed by atoms with Gasteiger partial charge in [-0.2, -0.15) is 5.10 Å². The number of pyridine rings is 1. The van der Waals surface area contributed by atoms with Crippen LogP contribution in [0.3, 0.4) is 0 Å². The Balaban J connectivity index is 1.52. The van der Waals surface area contributed by atoms with E-state index in [-0.39, 0.29) is 6.04 Å². The zero-order valence-electron chi connectivity index (χ0n) is 15.5. The molecule has 4 heterocycles. The molecule has 0 radical (unpaired) electrons. The average Bonchev–Trinajstić information content (AvgIpc) is 3.46. The van der Waals surface area contributed by atoms with Gasteiger partial charge in [-0.05, 0) is 30.0 Å². The zero-order valence-corrected chi connectivity index (χ0v) is 15.5. The van der Waals surface area contributed by atoms with Gasteiger partial charge in [-0.3, -0.25) is 9.48 Å². The third-order valence-corrected chi connectivity index (χ3v) is 5.41. The van der Waals surface area contributed by atoms with Gasteiger partial charge in [0.15, 0.2) is 5.65 Å². The molecular formula is C21H20N6O. The van der Waals surface area contributed by atoms with Gasteiger partial charge in [0, 0.05) is 31.5 Å². The quantitative estimate of drug-likeness (QED) is 0.557. The van der Waals surface area contributed by atoms with E-state index in [2.05, 4.69) is 44.3 Å². The maximum atomic E-state index is 11.2. The molecule has 0 aliphatic carbocycles. The van der Waals surface area contributed by atoms with Crippen molar-refractivity contribution in [1.82, 2.24) is 29.6 Å². The van der Waals surface area contributed by atoms with Crippen LogP contribution in [0.25, 0.3) is 33.7 Å². The maximum absolute atomic E-state index is 11.2. The van der Waals surface area contributed by atoms with Crippen molar-refractivity contribution in [3.63, 3.8) is 0 Å². The van der Waals surface area contributed by atoms with Crippen LogP contribution in [0.1, 0.15) is 24.4 Å². The number of aromatic nitrogens is 5. The third-order valence-electron chi connectivity index (χ3n) is 5.41. The van der Waals surface area contributed by atoms with E-state index in [4.69, 9.17) is 0 Å². The summed E-state index contributed by atoms with van der Waals surface area (Å²) >= 11 is 0. The molecule has 1 saturated heterocycles. The lowest BCUT2D eigenvalue weighted by atomic mass is 9.99. The Labute approximate surface area is 162 Å². The summed E-state index contributed by atoms with van der Waals surface area (Å²) in [7, 11) is 1.88. The standard InChI is InChI=1S/C21H20N6O/c1-26-12-16(11-23-26)20-24-19-17(8-9-22-21(19)25-20)14-4-6-15(7-5-14)18-3-2-10-27(18)13-28/h4-9,11-13,18H,2-3,10H2,1H3,(H,22,24,25). The van der Waals surface area contributed by atoms with Crippen molar-refractivity contribution in [2.24, 2.45) is 7.05 Å². The Morgan fingerprint density at radius 2 is 2.04 bits per heavy atom. The highest BCUT2D eigenvalue weighted by molar-refractivity contribution is 5.91. The molecule has 1 atom stereocenters. The molecule has 1 fully saturated rings. The topological polar surface area (TPSA) is 79.7 Å². The Kier molecular flexibility index (Phi) is 3.93. The number of amides is 1. The Morgan fingerprint density at radius 1 is 1.18 bits per heavy atom. The van der Waals surface area contributed by atoms with Crippen molar-refractivity contribution in [3.05, 3.63) is 54.5 Å². The van der Waals surface area contributed by atoms with E-state index in [1.165, 1.54) is 5.56 Å². The molecule has 1 amide bonds. The number of nitrogens with zero attached hydrogens (tertiary/aromatic N) is 5. The van der Waals surface area contributed by atoms with Gasteiger partial charge >= 0.3 is 0 Å². The minimum atomic E-state index is 0.188. The summed E-state index contributed by atoms with van der Waals surface area (Å²) in [6.07, 6.45) is 8.53. The van der Waals surface area contributed by atoms with Gasteiger partial charge in [0.1, 0.15) is 5.82 Å². The van der Waals surface area contributed by atoms with Crippen LogP contribution in [0, 0.1) is 0 Å². The number of carbonyl (C=O) groups excluding carboxylic acids is 1. The lowest BCUT2D eigenvalue weighted by Crippen LogP contribution is -2.20. The number of benzene rings is 1. The molecule has 7 nitrogen and oxygen atoms in total. The highest BCUT2D eigenvalue weighted by atomic mass is 16.1. The van der Waals surface area contributed by atoms with E-state index in [1.54, 1.807) is 17.1 Å². The largest absolute Gasteiger partial charge is 0.338 e. The Hall–Kier alpha value is -3.48. The molecule has 0 spiro atoms. The zero-order chi connectivity index (χ0) is 19.1. The first kappa shape index (κ1) is 16.7. The van der Waals surface area contributed by atoms with Crippen LogP contribution in [0.15, 0.2) is 48.9 Å². The normalized spacial score (nSPS) is 16.8. The van der Waals surface area contributed by atoms with Crippen LogP contribution < -0.4 is 0 Å². The molecule has 4 aromatic rings. The number of likely N-dealkylation sites (tertiary alicyclic amines) is 1. The lowest BCUT2D eigenvalue weighted by Gasteiger charge is -2.20. The molecule has 5 rings (SSSR count).